The van der Waals surface area contributed by atoms with Crippen molar-refractivity contribution >= 4 is 62.3 Å². The maximum absolute atomic E-state index is 13.6. The van der Waals surface area contributed by atoms with Crippen LogP contribution in [0.25, 0.3) is 0 Å². The molecule has 2 aromatic carbocycles. The first-order valence-electron chi connectivity index (χ1n) is 10.7. The molecule has 0 aromatic heterocycles. The second-order valence-corrected chi connectivity index (χ2v) is 10.9. The summed E-state index contributed by atoms with van der Waals surface area (Å²) in [5, 5.41) is 3.91. The number of nitrogens with zero attached hydrogens (tertiary/aromatic N) is 2. The van der Waals surface area contributed by atoms with E-state index in [1.54, 1.807) is 43.3 Å². The predicted molar refractivity (Wildman–Crippen MR) is 138 cm³/mol. The Bertz CT molecular complexity index is 1130. The lowest BCUT2D eigenvalue weighted by molar-refractivity contribution is -0.140. The van der Waals surface area contributed by atoms with E-state index in [0.717, 1.165) is 17.0 Å². The maximum atomic E-state index is 13.6. The van der Waals surface area contributed by atoms with Crippen molar-refractivity contribution in [2.75, 3.05) is 23.7 Å². The Kier molecular flexibility index (Phi) is 10.5. The number of hydrogen-bond donors (Lipinski definition) is 1. The first-order valence-corrected chi connectivity index (χ1v) is 13.7. The van der Waals surface area contributed by atoms with Crippen molar-refractivity contribution in [3.05, 3.63) is 63.1 Å². The molecule has 0 saturated heterocycles. The lowest BCUT2D eigenvalue weighted by Crippen LogP contribution is -2.52. The summed E-state index contributed by atoms with van der Waals surface area (Å²) in [6.45, 7) is 3.65. The summed E-state index contributed by atoms with van der Waals surface area (Å²) in [5.41, 5.74) is 0.825. The topological polar surface area (TPSA) is 86.8 Å². The minimum atomic E-state index is -3.83. The number of anilines is 1. The Labute approximate surface area is 216 Å². The number of carbonyl (C=O) groups excluding carboxylic acids is 2. The molecule has 0 heterocycles. The van der Waals surface area contributed by atoms with Crippen LogP contribution in [0.3, 0.4) is 0 Å². The molecular weight excluding hydrogens is 521 g/mol. The van der Waals surface area contributed by atoms with Gasteiger partial charge in [-0.3, -0.25) is 13.9 Å². The zero-order valence-electron chi connectivity index (χ0n) is 19.2. The van der Waals surface area contributed by atoms with Crippen molar-refractivity contribution in [2.45, 2.75) is 39.3 Å². The van der Waals surface area contributed by atoms with Gasteiger partial charge in [-0.1, -0.05) is 60.8 Å². The average molecular weight is 549 g/mol. The Balaban J connectivity index is 2.46. The molecule has 11 heteroatoms. The SMILES string of the molecule is CCCNC(=O)[C@@H](CC)N(Cc1ccc(Cl)cc1Cl)C(=O)CN(c1cccc(Cl)c1)S(C)(=O)=O. The molecule has 2 amide bonds. The molecule has 0 spiro atoms. The molecular formula is C23H28Cl3N3O4S. The standard InChI is InChI=1S/C23H28Cl3N3O4S/c1-4-11-27-23(31)21(5-2)28(14-16-9-10-18(25)13-20(16)26)22(30)15-29(34(3,32)33)19-8-6-7-17(24)12-19/h6-10,12-13,21H,4-5,11,14-15H2,1-3H3,(H,27,31)/t21-/m1/s1. The van der Waals surface area contributed by atoms with Gasteiger partial charge in [0.05, 0.1) is 11.9 Å². The van der Waals surface area contributed by atoms with Crippen LogP contribution >= 0.6 is 34.8 Å². The van der Waals surface area contributed by atoms with Crippen LogP contribution < -0.4 is 9.62 Å². The lowest BCUT2D eigenvalue weighted by atomic mass is 10.1. The van der Waals surface area contributed by atoms with E-state index in [1.807, 2.05) is 6.92 Å². The number of carbonyl (C=O) groups is 2. The largest absolute Gasteiger partial charge is 0.354 e. The van der Waals surface area contributed by atoms with E-state index >= 15 is 0 Å². The zero-order chi connectivity index (χ0) is 25.5. The molecule has 34 heavy (non-hydrogen) atoms. The Morgan fingerprint density at radius 1 is 1.03 bits per heavy atom. The third-order valence-electron chi connectivity index (χ3n) is 5.07. The molecule has 7 nitrogen and oxygen atoms in total. The molecule has 0 saturated carbocycles. The second kappa shape index (κ2) is 12.6. The molecule has 1 N–H and O–H groups in total. The van der Waals surface area contributed by atoms with Gasteiger partial charge in [-0.25, -0.2) is 8.42 Å². The fourth-order valence-electron chi connectivity index (χ4n) is 3.36. The molecule has 186 valence electrons. The van der Waals surface area contributed by atoms with Crippen molar-refractivity contribution in [1.82, 2.24) is 10.2 Å². The normalized spacial score (nSPS) is 12.2. The maximum Gasteiger partial charge on any atom is 0.244 e. The first kappa shape index (κ1) is 28.2. The minimum Gasteiger partial charge on any atom is -0.354 e. The van der Waals surface area contributed by atoms with Crippen LogP contribution in [0.5, 0.6) is 0 Å². The van der Waals surface area contributed by atoms with E-state index in [2.05, 4.69) is 5.32 Å². The quantitative estimate of drug-likeness (QED) is 0.439. The number of nitrogens with one attached hydrogen (secondary N) is 1. The first-order chi connectivity index (χ1) is 16.0. The zero-order valence-corrected chi connectivity index (χ0v) is 22.3. The predicted octanol–water partition coefficient (Wildman–Crippen LogP) is 4.75. The van der Waals surface area contributed by atoms with Gasteiger partial charge in [0, 0.05) is 28.2 Å². The Hall–Kier alpha value is -2.00. The Morgan fingerprint density at radius 3 is 2.26 bits per heavy atom. The highest BCUT2D eigenvalue weighted by Crippen LogP contribution is 2.25. The fraction of sp³-hybridized carbons (Fsp3) is 0.391. The molecule has 0 aliphatic heterocycles. The van der Waals surface area contributed by atoms with Crippen molar-refractivity contribution in [3.8, 4) is 0 Å². The second-order valence-electron chi connectivity index (χ2n) is 7.72. The summed E-state index contributed by atoms with van der Waals surface area (Å²) in [6, 6.07) is 10.2. The molecule has 2 rings (SSSR count). The number of hydrogen-bond acceptors (Lipinski definition) is 4. The highest BCUT2D eigenvalue weighted by Gasteiger charge is 2.32. The molecule has 0 aliphatic rings. The van der Waals surface area contributed by atoms with Crippen LogP contribution in [0.1, 0.15) is 32.3 Å². The van der Waals surface area contributed by atoms with E-state index < -0.39 is 28.5 Å². The van der Waals surface area contributed by atoms with Crippen LogP contribution in [-0.4, -0.2) is 50.5 Å². The summed E-state index contributed by atoms with van der Waals surface area (Å²) in [7, 11) is -3.83. The van der Waals surface area contributed by atoms with Gasteiger partial charge in [0.1, 0.15) is 12.6 Å². The molecule has 2 aromatic rings. The number of rotatable bonds is 11. The van der Waals surface area contributed by atoms with Crippen LogP contribution in [0.4, 0.5) is 5.69 Å². The van der Waals surface area contributed by atoms with Crippen molar-refractivity contribution in [3.63, 3.8) is 0 Å². The van der Waals surface area contributed by atoms with Crippen molar-refractivity contribution in [1.29, 1.82) is 0 Å². The van der Waals surface area contributed by atoms with E-state index in [1.165, 1.54) is 11.0 Å². The number of sulfonamides is 1. The van der Waals surface area contributed by atoms with Crippen LogP contribution in [0.15, 0.2) is 42.5 Å². The Morgan fingerprint density at radius 2 is 1.71 bits per heavy atom. The van der Waals surface area contributed by atoms with Gasteiger partial charge in [0.2, 0.25) is 21.8 Å². The van der Waals surface area contributed by atoms with Crippen LogP contribution in [0, 0.1) is 0 Å². The van der Waals surface area contributed by atoms with Crippen molar-refractivity contribution < 1.29 is 18.0 Å². The molecule has 1 atom stereocenters. The highest BCUT2D eigenvalue weighted by atomic mass is 35.5. The van der Waals surface area contributed by atoms with E-state index in [-0.39, 0.29) is 18.1 Å². The van der Waals surface area contributed by atoms with E-state index in [0.29, 0.717) is 33.6 Å². The van der Waals surface area contributed by atoms with Crippen LogP contribution in [0.2, 0.25) is 15.1 Å². The summed E-state index contributed by atoms with van der Waals surface area (Å²) < 4.78 is 26.1. The third kappa shape index (κ3) is 7.77. The molecule has 0 radical (unpaired) electrons. The molecule has 0 fully saturated rings. The fourth-order valence-corrected chi connectivity index (χ4v) is 4.86. The summed E-state index contributed by atoms with van der Waals surface area (Å²) in [5.74, 6) is -0.883. The van der Waals surface area contributed by atoms with Gasteiger partial charge in [0.25, 0.3) is 0 Å². The van der Waals surface area contributed by atoms with Crippen molar-refractivity contribution in [2.24, 2.45) is 0 Å². The minimum absolute atomic E-state index is 0.0000347. The average Bonchev–Trinajstić information content (AvgIpc) is 2.76. The van der Waals surface area contributed by atoms with Gasteiger partial charge < -0.3 is 10.2 Å². The number of amides is 2. The van der Waals surface area contributed by atoms with Gasteiger partial charge in [-0.15, -0.1) is 0 Å². The molecule has 0 unspecified atom stereocenters. The smallest absolute Gasteiger partial charge is 0.244 e. The lowest BCUT2D eigenvalue weighted by Gasteiger charge is -2.33. The van der Waals surface area contributed by atoms with Gasteiger partial charge in [0.15, 0.2) is 0 Å². The summed E-state index contributed by atoms with van der Waals surface area (Å²) in [6.07, 6.45) is 2.06. The van der Waals surface area contributed by atoms with Gasteiger partial charge in [-0.2, -0.15) is 0 Å². The number of halogens is 3. The van der Waals surface area contributed by atoms with E-state index in [9.17, 15) is 18.0 Å². The van der Waals surface area contributed by atoms with E-state index in [4.69, 9.17) is 34.8 Å². The van der Waals surface area contributed by atoms with Gasteiger partial charge >= 0.3 is 0 Å². The monoisotopic (exact) mass is 547 g/mol. The number of benzene rings is 2. The van der Waals surface area contributed by atoms with Gasteiger partial charge in [-0.05, 0) is 48.7 Å². The summed E-state index contributed by atoms with van der Waals surface area (Å²) in [4.78, 5) is 27.8. The highest BCUT2D eigenvalue weighted by molar-refractivity contribution is 7.92. The molecule has 0 bridgehead atoms. The third-order valence-corrected chi connectivity index (χ3v) is 7.03. The molecule has 0 aliphatic carbocycles. The summed E-state index contributed by atoms with van der Waals surface area (Å²) >= 11 is 18.4. The van der Waals surface area contributed by atoms with Crippen LogP contribution in [-0.2, 0) is 26.2 Å².